The van der Waals surface area contributed by atoms with Gasteiger partial charge in [-0.25, -0.2) is 0 Å². The van der Waals surface area contributed by atoms with Crippen LogP contribution in [0.3, 0.4) is 0 Å². The molecule has 0 saturated heterocycles. The van der Waals surface area contributed by atoms with Crippen molar-refractivity contribution in [3.05, 3.63) is 0 Å². The highest BCUT2D eigenvalue weighted by molar-refractivity contribution is 4.61. The molecule has 236 valence electrons. The summed E-state index contributed by atoms with van der Waals surface area (Å²) in [6.07, 6.45) is 43.7. The molecule has 0 bridgehead atoms. The van der Waals surface area contributed by atoms with Crippen LogP contribution in [0.25, 0.3) is 0 Å². The molecule has 0 spiro atoms. The van der Waals surface area contributed by atoms with E-state index in [2.05, 4.69) is 32.6 Å². The van der Waals surface area contributed by atoms with Gasteiger partial charge in [0.05, 0.1) is 0 Å². The Labute approximate surface area is 250 Å². The Balaban J connectivity index is 3.89. The summed E-state index contributed by atoms with van der Waals surface area (Å²) in [5.41, 5.74) is 0. The fraction of sp³-hybridized carbons (Fsp3) is 1.00. The number of rotatable bonds is 34. The van der Waals surface area contributed by atoms with Crippen LogP contribution < -0.4 is 0 Å². The molecule has 0 N–H and O–H groups in total. The van der Waals surface area contributed by atoms with Crippen LogP contribution in [0.15, 0.2) is 0 Å². The monoisotopic (exact) mass is 550 g/mol. The lowest BCUT2D eigenvalue weighted by molar-refractivity contribution is 0.254. The highest BCUT2D eigenvalue weighted by atomic mass is 15.1. The lowest BCUT2D eigenvalue weighted by Crippen LogP contribution is -2.27. The van der Waals surface area contributed by atoms with Gasteiger partial charge in [0.15, 0.2) is 0 Å². The molecule has 1 heteroatoms. The fourth-order valence-electron chi connectivity index (χ4n) is 6.11. The molecule has 0 aliphatic heterocycles. The van der Waals surface area contributed by atoms with Gasteiger partial charge in [-0.15, -0.1) is 0 Å². The zero-order valence-corrected chi connectivity index (χ0v) is 28.4. The molecule has 0 aromatic heterocycles. The Morgan fingerprint density at radius 1 is 0.308 bits per heavy atom. The number of nitrogens with zero attached hydrogens (tertiary/aromatic N) is 1. The van der Waals surface area contributed by atoms with Gasteiger partial charge >= 0.3 is 0 Å². The summed E-state index contributed by atoms with van der Waals surface area (Å²) in [6, 6.07) is 0. The first kappa shape index (κ1) is 39.0. The molecule has 0 radical (unpaired) electrons. The van der Waals surface area contributed by atoms with Crippen molar-refractivity contribution < 1.29 is 0 Å². The third-order valence-corrected chi connectivity index (χ3v) is 8.91. The molecule has 0 aromatic carbocycles. The first-order chi connectivity index (χ1) is 19.2. The Morgan fingerprint density at radius 2 is 0.538 bits per heavy atom. The van der Waals surface area contributed by atoms with E-state index in [-0.39, 0.29) is 0 Å². The summed E-state index contributed by atoms with van der Waals surface area (Å²) < 4.78 is 0. The molecule has 39 heavy (non-hydrogen) atoms. The van der Waals surface area contributed by atoms with E-state index in [1.807, 2.05) is 0 Å². The van der Waals surface area contributed by atoms with Crippen LogP contribution in [0, 0.1) is 5.92 Å². The molecule has 0 aromatic rings. The van der Waals surface area contributed by atoms with Crippen LogP contribution >= 0.6 is 0 Å². The second kappa shape index (κ2) is 34.2. The van der Waals surface area contributed by atoms with Crippen LogP contribution in [-0.4, -0.2) is 24.5 Å². The number of hydrogen-bond acceptors (Lipinski definition) is 1. The molecule has 0 rings (SSSR count). The lowest BCUT2D eigenvalue weighted by Gasteiger charge is -2.22. The predicted octanol–water partition coefficient (Wildman–Crippen LogP) is 13.7. The van der Waals surface area contributed by atoms with E-state index < -0.39 is 0 Å². The number of unbranched alkanes of at least 4 members (excludes halogenated alkanes) is 26. The summed E-state index contributed by atoms with van der Waals surface area (Å²) in [5.74, 6) is 0.886. The molecule has 1 nitrogen and oxygen atoms in total. The van der Waals surface area contributed by atoms with Crippen molar-refractivity contribution in [3.63, 3.8) is 0 Å². The summed E-state index contributed by atoms with van der Waals surface area (Å²) in [7, 11) is 0. The van der Waals surface area contributed by atoms with Gasteiger partial charge in [0.2, 0.25) is 0 Å². The third-order valence-electron chi connectivity index (χ3n) is 8.91. The highest BCUT2D eigenvalue weighted by Crippen LogP contribution is 2.15. The van der Waals surface area contributed by atoms with E-state index >= 15 is 0 Å². The second-order valence-electron chi connectivity index (χ2n) is 13.6. The van der Waals surface area contributed by atoms with Gasteiger partial charge in [-0.2, -0.15) is 0 Å². The quantitative estimate of drug-likeness (QED) is 0.0721. The van der Waals surface area contributed by atoms with Crippen molar-refractivity contribution >= 4 is 0 Å². The van der Waals surface area contributed by atoms with Gasteiger partial charge in [-0.05, 0) is 44.8 Å². The Bertz CT molecular complexity index is 391. The maximum atomic E-state index is 2.85. The zero-order valence-electron chi connectivity index (χ0n) is 28.4. The van der Waals surface area contributed by atoms with Crippen molar-refractivity contribution in [3.8, 4) is 0 Å². The average molecular weight is 550 g/mol. The van der Waals surface area contributed by atoms with E-state index in [1.54, 1.807) is 0 Å². The third kappa shape index (κ3) is 34.1. The van der Waals surface area contributed by atoms with E-state index in [4.69, 9.17) is 0 Å². The molecule has 0 aliphatic carbocycles. The van der Waals surface area contributed by atoms with E-state index in [1.165, 1.54) is 212 Å². The van der Waals surface area contributed by atoms with Crippen LogP contribution in [0.4, 0.5) is 0 Å². The van der Waals surface area contributed by atoms with Gasteiger partial charge in [-0.1, -0.05) is 201 Å². The zero-order chi connectivity index (χ0) is 28.5. The summed E-state index contributed by atoms with van der Waals surface area (Å²) in [6.45, 7) is 13.4. The molecule has 0 aliphatic rings. The van der Waals surface area contributed by atoms with Gasteiger partial charge in [-0.3, -0.25) is 0 Å². The predicted molar refractivity (Wildman–Crippen MR) is 181 cm³/mol. The Morgan fingerprint density at radius 3 is 0.795 bits per heavy atom. The first-order valence-corrected chi connectivity index (χ1v) is 18.9. The molecule has 0 fully saturated rings. The first-order valence-electron chi connectivity index (χ1n) is 18.9. The van der Waals surface area contributed by atoms with Gasteiger partial charge < -0.3 is 4.90 Å². The summed E-state index contributed by atoms with van der Waals surface area (Å²) >= 11 is 0. The van der Waals surface area contributed by atoms with Crippen molar-refractivity contribution in [2.75, 3.05) is 19.6 Å². The maximum absolute atomic E-state index is 2.85. The minimum atomic E-state index is 0.886. The van der Waals surface area contributed by atoms with E-state index in [9.17, 15) is 0 Å². The van der Waals surface area contributed by atoms with Crippen LogP contribution in [0.2, 0.25) is 0 Å². The molecule has 0 amide bonds. The molecular formula is C38H79N. The Hall–Kier alpha value is -0.0400. The standard InChI is InChI=1S/C38H79N/c1-5-7-9-11-13-15-17-19-23-27-31-35-39(37-33-29-25-21-22-26-30-34-38(3)4)36-32-28-24-20-18-16-14-12-10-8-6-2/h38H,5-37H2,1-4H3. The lowest BCUT2D eigenvalue weighted by atomic mass is 10.0. The summed E-state index contributed by atoms with van der Waals surface area (Å²) in [4.78, 5) is 2.85. The van der Waals surface area contributed by atoms with Crippen molar-refractivity contribution in [1.82, 2.24) is 4.90 Å². The van der Waals surface area contributed by atoms with Crippen LogP contribution in [0.1, 0.15) is 220 Å². The van der Waals surface area contributed by atoms with Gasteiger partial charge in [0.1, 0.15) is 0 Å². The minimum absolute atomic E-state index is 0.886. The van der Waals surface area contributed by atoms with Crippen molar-refractivity contribution in [2.24, 2.45) is 5.92 Å². The van der Waals surface area contributed by atoms with E-state index in [0.717, 1.165) is 5.92 Å². The smallest absolute Gasteiger partial charge is 0.00187 e. The largest absolute Gasteiger partial charge is 0.303 e. The minimum Gasteiger partial charge on any atom is -0.303 e. The van der Waals surface area contributed by atoms with Crippen LogP contribution in [-0.2, 0) is 0 Å². The molecule has 0 heterocycles. The topological polar surface area (TPSA) is 3.24 Å². The van der Waals surface area contributed by atoms with Gasteiger partial charge in [0.25, 0.3) is 0 Å². The molecular weight excluding hydrogens is 470 g/mol. The molecule has 0 atom stereocenters. The molecule has 0 saturated carbocycles. The van der Waals surface area contributed by atoms with Crippen molar-refractivity contribution in [1.29, 1.82) is 0 Å². The normalized spacial score (nSPS) is 11.8. The SMILES string of the molecule is CCCCCCCCCCCCCN(CCCCCCCCCCCCC)CCCCCCCCCC(C)C. The summed E-state index contributed by atoms with van der Waals surface area (Å²) in [5, 5.41) is 0. The highest BCUT2D eigenvalue weighted by Gasteiger charge is 2.05. The van der Waals surface area contributed by atoms with Gasteiger partial charge in [0, 0.05) is 0 Å². The van der Waals surface area contributed by atoms with Crippen LogP contribution in [0.5, 0.6) is 0 Å². The van der Waals surface area contributed by atoms with Crippen molar-refractivity contribution in [2.45, 2.75) is 220 Å². The fourth-order valence-corrected chi connectivity index (χ4v) is 6.11. The average Bonchev–Trinajstić information content (AvgIpc) is 2.93. The Kier molecular flexibility index (Phi) is 34.1. The molecule has 0 unspecified atom stereocenters. The number of hydrogen-bond donors (Lipinski definition) is 0. The second-order valence-corrected chi connectivity index (χ2v) is 13.6. The maximum Gasteiger partial charge on any atom is -0.00187 e. The van der Waals surface area contributed by atoms with E-state index in [0.29, 0.717) is 0 Å².